The van der Waals surface area contributed by atoms with Crippen molar-refractivity contribution in [1.82, 2.24) is 0 Å². The van der Waals surface area contributed by atoms with E-state index in [-0.39, 0.29) is 22.6 Å². The molecule has 0 aromatic heterocycles. The van der Waals surface area contributed by atoms with Gasteiger partial charge in [0.25, 0.3) is 5.69 Å². The molecular weight excluding hydrogens is 262 g/mol. The van der Waals surface area contributed by atoms with Crippen molar-refractivity contribution in [2.24, 2.45) is 0 Å². The van der Waals surface area contributed by atoms with Gasteiger partial charge in [0, 0.05) is 6.07 Å². The summed E-state index contributed by atoms with van der Waals surface area (Å²) in [6.07, 6.45) is 0. The van der Waals surface area contributed by atoms with Gasteiger partial charge >= 0.3 is 5.97 Å². The molecule has 0 fully saturated rings. The predicted octanol–water partition coefficient (Wildman–Crippen LogP) is 2.75. The zero-order chi connectivity index (χ0) is 14.7. The Bertz CT molecular complexity index is 667. The van der Waals surface area contributed by atoms with Gasteiger partial charge < -0.3 is 9.84 Å². The SMILES string of the molecule is COC(=O)c1c(O)ccc([N+](=O)[O-])c1-c1ccccc1. The Balaban J connectivity index is 2.83. The minimum atomic E-state index is -0.829. The molecule has 0 aliphatic carbocycles. The summed E-state index contributed by atoms with van der Waals surface area (Å²) >= 11 is 0. The lowest BCUT2D eigenvalue weighted by Gasteiger charge is -2.10. The second-order valence-corrected chi connectivity index (χ2v) is 3.97. The van der Waals surface area contributed by atoms with Crippen LogP contribution in [-0.2, 0) is 4.74 Å². The van der Waals surface area contributed by atoms with Crippen LogP contribution in [0.15, 0.2) is 42.5 Å². The van der Waals surface area contributed by atoms with Crippen LogP contribution in [0.2, 0.25) is 0 Å². The number of methoxy groups -OCH3 is 1. The third kappa shape index (κ3) is 2.31. The van der Waals surface area contributed by atoms with E-state index in [1.807, 2.05) is 0 Å². The Morgan fingerprint density at radius 3 is 2.40 bits per heavy atom. The van der Waals surface area contributed by atoms with Gasteiger partial charge in [-0.25, -0.2) is 4.79 Å². The standard InChI is InChI=1S/C14H11NO5/c1-20-14(17)13-11(16)8-7-10(15(18)19)12(13)9-5-3-2-4-6-9/h2-8,16H,1H3. The van der Waals surface area contributed by atoms with Gasteiger partial charge in [0.05, 0.1) is 17.6 Å². The first-order chi connectivity index (χ1) is 9.56. The molecule has 0 saturated heterocycles. The number of carbonyl (C=O) groups is 1. The average molecular weight is 273 g/mol. The van der Waals surface area contributed by atoms with Crippen LogP contribution in [0.25, 0.3) is 11.1 Å². The summed E-state index contributed by atoms with van der Waals surface area (Å²) in [7, 11) is 1.15. The molecule has 0 spiro atoms. The third-order valence-electron chi connectivity index (χ3n) is 2.81. The molecule has 20 heavy (non-hydrogen) atoms. The largest absolute Gasteiger partial charge is 0.507 e. The van der Waals surface area contributed by atoms with Gasteiger partial charge in [-0.3, -0.25) is 10.1 Å². The molecule has 2 rings (SSSR count). The van der Waals surface area contributed by atoms with Crippen LogP contribution in [0, 0.1) is 10.1 Å². The van der Waals surface area contributed by atoms with E-state index in [1.165, 1.54) is 0 Å². The number of carbonyl (C=O) groups excluding carboxylic acids is 1. The highest BCUT2D eigenvalue weighted by molar-refractivity contribution is 6.02. The van der Waals surface area contributed by atoms with E-state index in [2.05, 4.69) is 4.74 Å². The van der Waals surface area contributed by atoms with Crippen molar-refractivity contribution < 1.29 is 19.6 Å². The van der Waals surface area contributed by atoms with E-state index in [4.69, 9.17) is 0 Å². The maximum Gasteiger partial charge on any atom is 0.342 e. The predicted molar refractivity (Wildman–Crippen MR) is 71.5 cm³/mol. The van der Waals surface area contributed by atoms with Crippen molar-refractivity contribution in [3.63, 3.8) is 0 Å². The first-order valence-corrected chi connectivity index (χ1v) is 5.70. The number of nitro benzene ring substituents is 1. The number of hydrogen-bond donors (Lipinski definition) is 1. The highest BCUT2D eigenvalue weighted by atomic mass is 16.6. The minimum absolute atomic E-state index is 0.0439. The van der Waals surface area contributed by atoms with Crippen LogP contribution in [0.5, 0.6) is 5.75 Å². The molecule has 0 saturated carbocycles. The molecule has 2 aromatic rings. The first-order valence-electron chi connectivity index (χ1n) is 5.70. The number of phenols is 1. The zero-order valence-electron chi connectivity index (χ0n) is 10.6. The smallest absolute Gasteiger partial charge is 0.342 e. The molecule has 6 heteroatoms. The molecule has 102 valence electrons. The summed E-state index contributed by atoms with van der Waals surface area (Å²) in [5.41, 5.74) is 0.0141. The molecule has 0 unspecified atom stereocenters. The highest BCUT2D eigenvalue weighted by Gasteiger charge is 2.26. The lowest BCUT2D eigenvalue weighted by molar-refractivity contribution is -0.384. The number of ether oxygens (including phenoxy) is 1. The van der Waals surface area contributed by atoms with Gasteiger partial charge in [0.2, 0.25) is 0 Å². The monoisotopic (exact) mass is 273 g/mol. The lowest BCUT2D eigenvalue weighted by Crippen LogP contribution is -2.06. The van der Waals surface area contributed by atoms with E-state index < -0.39 is 10.9 Å². The Morgan fingerprint density at radius 1 is 1.20 bits per heavy atom. The van der Waals surface area contributed by atoms with Gasteiger partial charge in [-0.15, -0.1) is 0 Å². The fraction of sp³-hybridized carbons (Fsp3) is 0.0714. The lowest BCUT2D eigenvalue weighted by atomic mass is 9.97. The number of nitrogens with zero attached hydrogens (tertiary/aromatic N) is 1. The minimum Gasteiger partial charge on any atom is -0.507 e. The van der Waals surface area contributed by atoms with Gasteiger partial charge in [-0.1, -0.05) is 30.3 Å². The van der Waals surface area contributed by atoms with Crippen molar-refractivity contribution in [3.8, 4) is 16.9 Å². The van der Waals surface area contributed by atoms with E-state index >= 15 is 0 Å². The fourth-order valence-corrected chi connectivity index (χ4v) is 1.94. The number of nitro groups is 1. The molecule has 6 nitrogen and oxygen atoms in total. The second-order valence-electron chi connectivity index (χ2n) is 3.97. The van der Waals surface area contributed by atoms with Crippen LogP contribution in [0.1, 0.15) is 10.4 Å². The quantitative estimate of drug-likeness (QED) is 0.527. The van der Waals surface area contributed by atoms with E-state index in [9.17, 15) is 20.0 Å². The Morgan fingerprint density at radius 2 is 1.85 bits per heavy atom. The number of aromatic hydroxyl groups is 1. The Kier molecular flexibility index (Phi) is 3.65. The highest BCUT2D eigenvalue weighted by Crippen LogP contribution is 2.38. The van der Waals surface area contributed by atoms with E-state index in [1.54, 1.807) is 30.3 Å². The van der Waals surface area contributed by atoms with Crippen molar-refractivity contribution in [2.75, 3.05) is 7.11 Å². The number of benzene rings is 2. The molecule has 1 N–H and O–H groups in total. The van der Waals surface area contributed by atoms with Crippen molar-refractivity contribution in [3.05, 3.63) is 58.1 Å². The number of rotatable bonds is 3. The maximum atomic E-state index is 11.8. The van der Waals surface area contributed by atoms with Crippen LogP contribution < -0.4 is 0 Å². The van der Waals surface area contributed by atoms with Crippen molar-refractivity contribution >= 4 is 11.7 Å². The molecule has 0 radical (unpaired) electrons. The number of esters is 1. The van der Waals surface area contributed by atoms with Gasteiger partial charge in [0.1, 0.15) is 11.3 Å². The third-order valence-corrected chi connectivity index (χ3v) is 2.81. The molecule has 0 bridgehead atoms. The fourth-order valence-electron chi connectivity index (χ4n) is 1.94. The molecular formula is C14H11NO5. The Hall–Kier alpha value is -2.89. The summed E-state index contributed by atoms with van der Waals surface area (Å²) in [6.45, 7) is 0. The summed E-state index contributed by atoms with van der Waals surface area (Å²) in [6, 6.07) is 10.6. The van der Waals surface area contributed by atoms with Gasteiger partial charge in [0.15, 0.2) is 0 Å². The summed E-state index contributed by atoms with van der Waals surface area (Å²) < 4.78 is 4.59. The number of phenolic OH excluding ortho intramolecular Hbond substituents is 1. The average Bonchev–Trinajstić information content (AvgIpc) is 2.46. The summed E-state index contributed by atoms with van der Waals surface area (Å²) in [5.74, 6) is -1.19. The summed E-state index contributed by atoms with van der Waals surface area (Å²) in [4.78, 5) is 22.3. The van der Waals surface area contributed by atoms with Crippen LogP contribution in [-0.4, -0.2) is 23.1 Å². The van der Waals surface area contributed by atoms with Gasteiger partial charge in [-0.2, -0.15) is 0 Å². The Labute approximate surface area is 114 Å². The van der Waals surface area contributed by atoms with Crippen molar-refractivity contribution in [2.45, 2.75) is 0 Å². The van der Waals surface area contributed by atoms with Crippen LogP contribution >= 0.6 is 0 Å². The maximum absolute atomic E-state index is 11.8. The van der Waals surface area contributed by atoms with Gasteiger partial charge in [-0.05, 0) is 11.6 Å². The number of hydrogen-bond acceptors (Lipinski definition) is 5. The molecule has 2 aromatic carbocycles. The molecule has 0 atom stereocenters. The van der Waals surface area contributed by atoms with Crippen molar-refractivity contribution in [1.29, 1.82) is 0 Å². The molecule has 0 heterocycles. The molecule has 0 aliphatic rings. The normalized spacial score (nSPS) is 10.1. The molecule has 0 amide bonds. The molecule has 0 aliphatic heterocycles. The van der Waals surface area contributed by atoms with Crippen LogP contribution in [0.4, 0.5) is 5.69 Å². The summed E-state index contributed by atoms with van der Waals surface area (Å²) in [5, 5.41) is 21.0. The topological polar surface area (TPSA) is 89.7 Å². The first kappa shape index (κ1) is 13.5. The zero-order valence-corrected chi connectivity index (χ0v) is 10.6. The van der Waals surface area contributed by atoms with E-state index in [0.29, 0.717) is 5.56 Å². The van der Waals surface area contributed by atoms with Crippen LogP contribution in [0.3, 0.4) is 0 Å². The van der Waals surface area contributed by atoms with E-state index in [0.717, 1.165) is 19.2 Å². The second kappa shape index (κ2) is 5.40.